The van der Waals surface area contributed by atoms with Gasteiger partial charge in [0.05, 0.1) is 12.6 Å². The first-order valence-electron chi connectivity index (χ1n) is 2.67. The van der Waals surface area contributed by atoms with Gasteiger partial charge in [-0.3, -0.25) is 0 Å². The zero-order valence-corrected chi connectivity index (χ0v) is 5.84. The van der Waals surface area contributed by atoms with Crippen molar-refractivity contribution in [3.63, 3.8) is 0 Å². The lowest BCUT2D eigenvalue weighted by molar-refractivity contribution is 0.606. The minimum atomic E-state index is -1.26. The molecular weight excluding hydrogens is 146 g/mol. The van der Waals surface area contributed by atoms with Crippen LogP contribution in [0.2, 0.25) is 0 Å². The highest BCUT2D eigenvalue weighted by Gasteiger charge is 2.20. The van der Waals surface area contributed by atoms with Crippen molar-refractivity contribution in [1.82, 2.24) is 0 Å². The second-order valence-electron chi connectivity index (χ2n) is 1.96. The molecule has 0 aliphatic rings. The van der Waals surface area contributed by atoms with Gasteiger partial charge in [0.25, 0.3) is 0 Å². The third-order valence-corrected chi connectivity index (χ3v) is 0.948. The number of hydrogen-bond acceptors (Lipinski definition) is 3. The molecule has 0 aromatic carbocycles. The molecule has 0 fully saturated rings. The number of hydrogen-bond donors (Lipinski definition) is 0. The van der Waals surface area contributed by atoms with E-state index in [2.05, 4.69) is 20.1 Å². The summed E-state index contributed by atoms with van der Waals surface area (Å²) in [6, 6.07) is 1.73. The Morgan fingerprint density at radius 1 is 1.55 bits per heavy atom. The molecule has 0 bridgehead atoms. The van der Waals surface area contributed by atoms with Crippen LogP contribution in [-0.2, 0) is 0 Å². The summed E-state index contributed by atoms with van der Waals surface area (Å²) in [5.41, 5.74) is 14.6. The molecule has 0 aromatic heterocycles. The molecule has 1 unspecified atom stereocenters. The van der Waals surface area contributed by atoms with Crippen molar-refractivity contribution in [2.75, 3.05) is 6.54 Å². The van der Waals surface area contributed by atoms with Crippen LogP contribution in [0.4, 0.5) is 0 Å². The minimum absolute atomic E-state index is 0.149. The van der Waals surface area contributed by atoms with E-state index in [9.17, 15) is 0 Å². The Hall–Kier alpha value is -1.89. The summed E-state index contributed by atoms with van der Waals surface area (Å²) >= 11 is 0. The summed E-state index contributed by atoms with van der Waals surface area (Å²) in [4.78, 5) is 4.89. The van der Waals surface area contributed by atoms with Gasteiger partial charge in [0.15, 0.2) is 0 Å². The highest BCUT2D eigenvalue weighted by molar-refractivity contribution is 5.05. The zero-order valence-electron chi connectivity index (χ0n) is 5.84. The highest BCUT2D eigenvalue weighted by Crippen LogP contribution is 2.08. The van der Waals surface area contributed by atoms with Gasteiger partial charge >= 0.3 is 0 Å². The molecule has 11 heavy (non-hydrogen) atoms. The highest BCUT2D eigenvalue weighted by atomic mass is 15.2. The normalized spacial score (nSPS) is 13.1. The Kier molecular flexibility index (Phi) is 3.32. The van der Waals surface area contributed by atoms with Crippen molar-refractivity contribution < 1.29 is 0 Å². The van der Waals surface area contributed by atoms with Gasteiger partial charge < -0.3 is 0 Å². The van der Waals surface area contributed by atoms with Gasteiger partial charge in [-0.1, -0.05) is 10.2 Å². The van der Waals surface area contributed by atoms with Crippen LogP contribution in [0.3, 0.4) is 0 Å². The lowest BCUT2D eigenvalue weighted by Crippen LogP contribution is -2.21. The molecular formula is C4H5N7. The quantitative estimate of drug-likeness (QED) is 0.341. The third kappa shape index (κ3) is 2.96. The van der Waals surface area contributed by atoms with E-state index in [0.717, 1.165) is 0 Å². The molecule has 0 saturated carbocycles. The first-order chi connectivity index (χ1) is 5.18. The van der Waals surface area contributed by atoms with E-state index in [1.165, 1.54) is 6.92 Å². The third-order valence-electron chi connectivity index (χ3n) is 0.948. The lowest BCUT2D eigenvalue weighted by Gasteiger charge is -2.08. The van der Waals surface area contributed by atoms with Crippen molar-refractivity contribution in [2.24, 2.45) is 10.2 Å². The van der Waals surface area contributed by atoms with Gasteiger partial charge in [-0.15, -0.1) is 0 Å². The molecule has 0 radical (unpaired) electrons. The number of nitrogens with zero attached hydrogens (tertiary/aromatic N) is 7. The summed E-state index contributed by atoms with van der Waals surface area (Å²) in [6.07, 6.45) is 0. The number of nitriles is 1. The molecule has 7 heteroatoms. The molecule has 0 saturated heterocycles. The van der Waals surface area contributed by atoms with Gasteiger partial charge in [0.2, 0.25) is 0 Å². The topological polar surface area (TPSA) is 121 Å². The van der Waals surface area contributed by atoms with Crippen molar-refractivity contribution in [3.8, 4) is 6.07 Å². The predicted octanol–water partition coefficient (Wildman–Crippen LogP) is 1.89. The van der Waals surface area contributed by atoms with E-state index in [1.807, 2.05) is 0 Å². The largest absolute Gasteiger partial charge is 0.198 e. The SMILES string of the molecule is CC(C#N)(CN=[N+]=[N-])N=[N+]=[N-]. The maximum absolute atomic E-state index is 8.44. The Morgan fingerprint density at radius 3 is 2.55 bits per heavy atom. The van der Waals surface area contributed by atoms with Crippen LogP contribution >= 0.6 is 0 Å². The van der Waals surface area contributed by atoms with E-state index in [1.54, 1.807) is 6.07 Å². The predicted molar refractivity (Wildman–Crippen MR) is 37.2 cm³/mol. The van der Waals surface area contributed by atoms with Gasteiger partial charge in [0, 0.05) is 9.82 Å². The van der Waals surface area contributed by atoms with Crippen LogP contribution in [-0.4, -0.2) is 12.1 Å². The van der Waals surface area contributed by atoms with Gasteiger partial charge in [-0.2, -0.15) is 5.26 Å². The average molecular weight is 151 g/mol. The molecule has 0 spiro atoms. The molecule has 1 atom stereocenters. The van der Waals surface area contributed by atoms with Crippen LogP contribution in [0.5, 0.6) is 0 Å². The maximum Gasteiger partial charge on any atom is 0.138 e. The summed E-state index contributed by atoms with van der Waals surface area (Å²) < 4.78 is 0. The molecule has 0 aliphatic heterocycles. The summed E-state index contributed by atoms with van der Waals surface area (Å²) in [7, 11) is 0. The Balaban J connectivity index is 4.49. The van der Waals surface area contributed by atoms with Crippen LogP contribution < -0.4 is 0 Å². The average Bonchev–Trinajstić information content (AvgIpc) is 2.02. The Bertz CT molecular complexity index is 263. The molecule has 56 valence electrons. The molecule has 0 aliphatic carbocycles. The molecule has 0 rings (SSSR count). The molecule has 0 N–H and O–H groups in total. The minimum Gasteiger partial charge on any atom is -0.198 e. The van der Waals surface area contributed by atoms with Crippen LogP contribution in [0.25, 0.3) is 20.9 Å². The van der Waals surface area contributed by atoms with E-state index in [0.29, 0.717) is 0 Å². The molecule has 0 aromatic rings. The van der Waals surface area contributed by atoms with Crippen molar-refractivity contribution in [3.05, 3.63) is 20.9 Å². The van der Waals surface area contributed by atoms with E-state index < -0.39 is 5.54 Å². The van der Waals surface area contributed by atoms with Crippen molar-refractivity contribution in [1.29, 1.82) is 5.26 Å². The summed E-state index contributed by atoms with van der Waals surface area (Å²) in [6.45, 7) is 1.24. The first-order valence-corrected chi connectivity index (χ1v) is 2.67. The molecule has 0 heterocycles. The Morgan fingerprint density at radius 2 is 2.18 bits per heavy atom. The number of rotatable bonds is 3. The Labute approximate surface area is 62.5 Å². The fraction of sp³-hybridized carbons (Fsp3) is 0.750. The van der Waals surface area contributed by atoms with Gasteiger partial charge in [-0.25, -0.2) is 0 Å². The smallest absolute Gasteiger partial charge is 0.138 e. The number of azide groups is 2. The van der Waals surface area contributed by atoms with Gasteiger partial charge in [0.1, 0.15) is 5.54 Å². The van der Waals surface area contributed by atoms with E-state index >= 15 is 0 Å². The van der Waals surface area contributed by atoms with E-state index in [-0.39, 0.29) is 6.54 Å². The second-order valence-corrected chi connectivity index (χ2v) is 1.96. The first kappa shape index (κ1) is 9.11. The van der Waals surface area contributed by atoms with Crippen LogP contribution in [0.1, 0.15) is 6.92 Å². The summed E-state index contributed by atoms with van der Waals surface area (Å²) in [5.74, 6) is 0. The van der Waals surface area contributed by atoms with Crippen molar-refractivity contribution >= 4 is 0 Å². The zero-order chi connectivity index (χ0) is 8.74. The second kappa shape index (κ2) is 4.01. The fourth-order valence-corrected chi connectivity index (χ4v) is 0.357. The maximum atomic E-state index is 8.44. The van der Waals surface area contributed by atoms with Gasteiger partial charge in [-0.05, 0) is 18.0 Å². The van der Waals surface area contributed by atoms with Crippen LogP contribution in [0.15, 0.2) is 10.2 Å². The summed E-state index contributed by atoms with van der Waals surface area (Å²) in [5, 5.41) is 14.7. The standard InChI is InChI=1S/C4H5N7/c1-4(2-5,9-11-7)3-8-10-6/h3H2,1H3. The monoisotopic (exact) mass is 151 g/mol. The molecule has 7 nitrogen and oxygen atoms in total. The lowest BCUT2D eigenvalue weighted by atomic mass is 10.1. The fourth-order valence-electron chi connectivity index (χ4n) is 0.357. The van der Waals surface area contributed by atoms with E-state index in [4.69, 9.17) is 16.3 Å². The molecule has 0 amide bonds. The van der Waals surface area contributed by atoms with Crippen molar-refractivity contribution in [2.45, 2.75) is 12.5 Å². The van der Waals surface area contributed by atoms with Crippen LogP contribution in [0, 0.1) is 11.3 Å².